The Kier molecular flexibility index (Phi) is 2.83. The first-order chi connectivity index (χ1) is 7.68. The number of hydrogen-bond donors (Lipinski definition) is 0. The molecule has 0 bridgehead atoms. The number of carbonyl (C=O) groups excluding carboxylic acids is 1. The van der Waals surface area contributed by atoms with E-state index in [9.17, 15) is 13.2 Å². The lowest BCUT2D eigenvalue weighted by Crippen LogP contribution is -2.47. The van der Waals surface area contributed by atoms with Crippen LogP contribution in [0.25, 0.3) is 0 Å². The van der Waals surface area contributed by atoms with E-state index < -0.39 is 34.0 Å². The summed E-state index contributed by atoms with van der Waals surface area (Å²) in [5.41, 5.74) is -1.58. The first-order valence-corrected chi connectivity index (χ1v) is 6.43. The van der Waals surface area contributed by atoms with Crippen molar-refractivity contribution in [2.45, 2.75) is 44.4 Å². The van der Waals surface area contributed by atoms with E-state index in [1.165, 1.54) is 6.92 Å². The van der Waals surface area contributed by atoms with Gasteiger partial charge < -0.3 is 9.47 Å². The van der Waals surface area contributed by atoms with Gasteiger partial charge in [0.05, 0.1) is 6.61 Å². The maximum Gasteiger partial charge on any atom is 0.401 e. The van der Waals surface area contributed by atoms with Crippen molar-refractivity contribution in [1.82, 2.24) is 0 Å². The largest absolute Gasteiger partial charge is 0.401 e. The molecule has 8 heteroatoms. The van der Waals surface area contributed by atoms with Gasteiger partial charge in [0, 0.05) is 0 Å². The molecule has 2 fully saturated rings. The van der Waals surface area contributed by atoms with E-state index in [2.05, 4.69) is 4.18 Å². The summed E-state index contributed by atoms with van der Waals surface area (Å²) in [6.45, 7) is 4.86. The molecule has 0 aromatic rings. The van der Waals surface area contributed by atoms with Crippen molar-refractivity contribution >= 4 is 16.7 Å². The van der Waals surface area contributed by atoms with E-state index in [0.717, 1.165) is 0 Å². The Morgan fingerprint density at radius 2 is 1.94 bits per heavy atom. The topological polar surface area (TPSA) is 88.1 Å². The van der Waals surface area contributed by atoms with Crippen LogP contribution in [0.3, 0.4) is 0 Å². The Bertz CT molecular complexity index is 429. The van der Waals surface area contributed by atoms with Crippen LogP contribution >= 0.6 is 0 Å². The van der Waals surface area contributed by atoms with Crippen LogP contribution in [0.1, 0.15) is 20.8 Å². The van der Waals surface area contributed by atoms with Gasteiger partial charge in [0.15, 0.2) is 17.7 Å². The molecule has 0 spiro atoms. The normalized spacial score (nSPS) is 43.7. The van der Waals surface area contributed by atoms with Gasteiger partial charge in [-0.3, -0.25) is 4.79 Å². The number of ether oxygens (including phenoxy) is 2. The van der Waals surface area contributed by atoms with Crippen molar-refractivity contribution < 1.29 is 31.1 Å². The monoisotopic (exact) mass is 266 g/mol. The first-order valence-electron chi connectivity index (χ1n) is 5.09. The average molecular weight is 266 g/mol. The molecule has 2 saturated heterocycles. The Morgan fingerprint density at radius 3 is 2.41 bits per heavy atom. The molecule has 2 heterocycles. The average Bonchev–Trinajstić information content (AvgIpc) is 2.64. The predicted molar refractivity (Wildman–Crippen MR) is 54.3 cm³/mol. The lowest BCUT2D eigenvalue weighted by Gasteiger charge is -2.25. The molecule has 98 valence electrons. The summed E-state index contributed by atoms with van der Waals surface area (Å²) in [6, 6.07) is 0. The molecule has 0 unspecified atom stereocenters. The lowest BCUT2D eigenvalue weighted by molar-refractivity contribution is -0.157. The minimum absolute atomic E-state index is 0.139. The second-order valence-electron chi connectivity index (χ2n) is 4.68. The van der Waals surface area contributed by atoms with Gasteiger partial charge in [0.2, 0.25) is 0 Å². The molecular weight excluding hydrogens is 252 g/mol. The third-order valence-electron chi connectivity index (χ3n) is 2.67. The van der Waals surface area contributed by atoms with Crippen molar-refractivity contribution in [3.8, 4) is 0 Å². The van der Waals surface area contributed by atoms with Crippen molar-refractivity contribution in [3.63, 3.8) is 0 Å². The van der Waals surface area contributed by atoms with Gasteiger partial charge in [-0.2, -0.15) is 8.42 Å². The van der Waals surface area contributed by atoms with Gasteiger partial charge >= 0.3 is 10.4 Å². The zero-order valence-electron chi connectivity index (χ0n) is 9.71. The highest BCUT2D eigenvalue weighted by Crippen LogP contribution is 2.36. The Hall–Kier alpha value is -0.540. The van der Waals surface area contributed by atoms with E-state index in [0.29, 0.717) is 6.29 Å². The van der Waals surface area contributed by atoms with Crippen molar-refractivity contribution in [2.75, 3.05) is 6.61 Å². The van der Waals surface area contributed by atoms with Gasteiger partial charge in [0.1, 0.15) is 12.2 Å². The van der Waals surface area contributed by atoms with E-state index in [-0.39, 0.29) is 6.61 Å². The van der Waals surface area contributed by atoms with Gasteiger partial charge in [-0.25, -0.2) is 8.37 Å². The number of aldehydes is 1. The van der Waals surface area contributed by atoms with Gasteiger partial charge in [-0.05, 0) is 20.8 Å². The standard InChI is InChI=1S/C9H14O7S/c1-8(2)13-4-6(14-8)7-9(3,5-10)16-17(11,12)15-7/h5-7H,4H2,1-3H3/t6-,7-,9-/m1/s1. The maximum absolute atomic E-state index is 11.2. The van der Waals surface area contributed by atoms with Gasteiger partial charge in [0.25, 0.3) is 0 Å². The molecule has 0 saturated carbocycles. The number of hydrogen-bond acceptors (Lipinski definition) is 7. The highest BCUT2D eigenvalue weighted by atomic mass is 32.3. The molecule has 2 aliphatic heterocycles. The van der Waals surface area contributed by atoms with E-state index in [1.54, 1.807) is 13.8 Å². The summed E-state index contributed by atoms with van der Waals surface area (Å²) in [5.74, 6) is -0.829. The summed E-state index contributed by atoms with van der Waals surface area (Å²) in [6.07, 6.45) is -1.30. The van der Waals surface area contributed by atoms with Crippen molar-refractivity contribution in [3.05, 3.63) is 0 Å². The molecular formula is C9H14O7S. The number of rotatable bonds is 2. The quantitative estimate of drug-likeness (QED) is 0.637. The smallest absolute Gasteiger partial charge is 0.348 e. The fraction of sp³-hybridized carbons (Fsp3) is 0.889. The minimum atomic E-state index is -4.16. The van der Waals surface area contributed by atoms with Crippen LogP contribution < -0.4 is 0 Å². The summed E-state index contributed by atoms with van der Waals surface area (Å²) in [5, 5.41) is 0. The Morgan fingerprint density at radius 1 is 1.29 bits per heavy atom. The highest BCUT2D eigenvalue weighted by molar-refractivity contribution is 7.82. The van der Waals surface area contributed by atoms with Crippen LogP contribution in [0.4, 0.5) is 0 Å². The van der Waals surface area contributed by atoms with Crippen molar-refractivity contribution in [2.24, 2.45) is 0 Å². The molecule has 0 aromatic heterocycles. The molecule has 0 N–H and O–H groups in total. The first kappa shape index (κ1) is 12.9. The molecule has 2 aliphatic rings. The fourth-order valence-electron chi connectivity index (χ4n) is 1.89. The predicted octanol–water partition coefficient (Wildman–Crippen LogP) is -0.244. The minimum Gasteiger partial charge on any atom is -0.348 e. The van der Waals surface area contributed by atoms with Crippen LogP contribution in [0, 0.1) is 0 Å². The van der Waals surface area contributed by atoms with Gasteiger partial charge in [-0.15, -0.1) is 0 Å². The molecule has 2 rings (SSSR count). The molecule has 0 radical (unpaired) electrons. The molecule has 7 nitrogen and oxygen atoms in total. The molecule has 0 aliphatic carbocycles. The Labute approximate surface area is 99.3 Å². The third kappa shape index (κ3) is 2.36. The zero-order valence-corrected chi connectivity index (χ0v) is 10.5. The molecule has 0 aromatic carbocycles. The second-order valence-corrected chi connectivity index (χ2v) is 5.85. The molecule has 0 amide bonds. The highest BCUT2D eigenvalue weighted by Gasteiger charge is 2.56. The molecule has 3 atom stereocenters. The Balaban J connectivity index is 2.24. The summed E-state index contributed by atoms with van der Waals surface area (Å²) < 4.78 is 42.6. The maximum atomic E-state index is 11.2. The third-order valence-corrected chi connectivity index (χ3v) is 3.68. The summed E-state index contributed by atoms with van der Waals surface area (Å²) >= 11 is 0. The van der Waals surface area contributed by atoms with E-state index in [4.69, 9.17) is 13.7 Å². The van der Waals surface area contributed by atoms with Crippen LogP contribution in [-0.2, 0) is 33.0 Å². The van der Waals surface area contributed by atoms with Crippen molar-refractivity contribution in [1.29, 1.82) is 0 Å². The van der Waals surface area contributed by atoms with E-state index >= 15 is 0 Å². The summed E-state index contributed by atoms with van der Waals surface area (Å²) in [4.78, 5) is 11.0. The van der Waals surface area contributed by atoms with E-state index in [1.807, 2.05) is 0 Å². The molecule has 17 heavy (non-hydrogen) atoms. The zero-order chi connectivity index (χ0) is 12.9. The van der Waals surface area contributed by atoms with Crippen LogP contribution in [-0.4, -0.2) is 44.9 Å². The van der Waals surface area contributed by atoms with Gasteiger partial charge in [-0.1, -0.05) is 0 Å². The second kappa shape index (κ2) is 3.72. The summed E-state index contributed by atoms with van der Waals surface area (Å²) in [7, 11) is -4.16. The number of carbonyl (C=O) groups is 1. The van der Waals surface area contributed by atoms with Crippen LogP contribution in [0.15, 0.2) is 0 Å². The fourth-order valence-corrected chi connectivity index (χ4v) is 3.07. The van der Waals surface area contributed by atoms with Crippen LogP contribution in [0.2, 0.25) is 0 Å². The lowest BCUT2D eigenvalue weighted by atomic mass is 9.97. The SMILES string of the molecule is CC1(C)OC[C@H]([C@H]2OS(=O)(=O)O[C@]2(C)C=O)O1. The van der Waals surface area contributed by atoms with Crippen LogP contribution in [0.5, 0.6) is 0 Å².